The van der Waals surface area contributed by atoms with Crippen molar-refractivity contribution < 1.29 is 9.53 Å². The molecule has 3 rings (SSSR count). The Hall–Kier alpha value is -1.11. The fourth-order valence-corrected chi connectivity index (χ4v) is 2.76. The zero-order chi connectivity index (χ0) is 13.4. The van der Waals surface area contributed by atoms with Gasteiger partial charge in [-0.2, -0.15) is 5.10 Å². The first-order chi connectivity index (χ1) is 9.18. The molecule has 1 aromatic heterocycles. The molecule has 0 radical (unpaired) electrons. The molecule has 1 fully saturated rings. The summed E-state index contributed by atoms with van der Waals surface area (Å²) in [5, 5.41) is 10.5. The molecule has 2 atom stereocenters. The lowest BCUT2D eigenvalue weighted by Crippen LogP contribution is -2.51. The molecule has 0 spiro atoms. The van der Waals surface area contributed by atoms with Crippen molar-refractivity contribution >= 4 is 18.3 Å². The number of amides is 1. The second kappa shape index (κ2) is 6.11. The van der Waals surface area contributed by atoms with Gasteiger partial charge < -0.3 is 15.0 Å². The van der Waals surface area contributed by atoms with Gasteiger partial charge in [0.15, 0.2) is 5.69 Å². The van der Waals surface area contributed by atoms with Gasteiger partial charge in [-0.1, -0.05) is 0 Å². The van der Waals surface area contributed by atoms with Crippen molar-refractivity contribution in [2.45, 2.75) is 39.0 Å². The Morgan fingerprint density at radius 2 is 2.25 bits per heavy atom. The van der Waals surface area contributed by atoms with Gasteiger partial charge in [0, 0.05) is 37.3 Å². The number of morpholine rings is 1. The minimum atomic E-state index is 0. The van der Waals surface area contributed by atoms with Crippen LogP contribution in [0.2, 0.25) is 0 Å². The number of halogens is 1. The number of aromatic nitrogens is 2. The largest absolute Gasteiger partial charge is 0.375 e. The number of carbonyl (C=O) groups is 1. The van der Waals surface area contributed by atoms with Crippen molar-refractivity contribution in [3.05, 3.63) is 17.0 Å². The Morgan fingerprint density at radius 1 is 1.45 bits per heavy atom. The Labute approximate surface area is 124 Å². The van der Waals surface area contributed by atoms with Gasteiger partial charge in [-0.15, -0.1) is 12.4 Å². The predicted molar refractivity (Wildman–Crippen MR) is 77.2 cm³/mol. The highest BCUT2D eigenvalue weighted by Crippen LogP contribution is 2.21. The van der Waals surface area contributed by atoms with E-state index in [1.54, 1.807) is 0 Å². The van der Waals surface area contributed by atoms with Crippen LogP contribution in [0.1, 0.15) is 35.6 Å². The van der Waals surface area contributed by atoms with Crippen LogP contribution < -0.4 is 5.32 Å². The summed E-state index contributed by atoms with van der Waals surface area (Å²) < 4.78 is 5.57. The van der Waals surface area contributed by atoms with Gasteiger partial charge in [0.05, 0.1) is 18.8 Å². The number of H-pyrrole nitrogens is 1. The molecule has 0 saturated carbocycles. The summed E-state index contributed by atoms with van der Waals surface area (Å²) in [7, 11) is 0. The molecule has 20 heavy (non-hydrogen) atoms. The summed E-state index contributed by atoms with van der Waals surface area (Å²) in [5.74, 6) is 0.0175. The van der Waals surface area contributed by atoms with E-state index in [-0.39, 0.29) is 30.5 Å². The van der Waals surface area contributed by atoms with Gasteiger partial charge in [0.25, 0.3) is 5.91 Å². The number of fused-ring (bicyclic) bond motifs is 1. The Bertz CT molecular complexity index is 491. The van der Waals surface area contributed by atoms with E-state index in [1.165, 1.54) is 0 Å². The van der Waals surface area contributed by atoms with E-state index in [0.29, 0.717) is 18.8 Å². The minimum Gasteiger partial charge on any atom is -0.375 e. The molecular formula is C13H21ClN4O2. The number of carbonyl (C=O) groups excluding carboxylic acids is 1. The van der Waals surface area contributed by atoms with E-state index < -0.39 is 0 Å². The number of rotatable bonds is 1. The third-order valence-corrected chi connectivity index (χ3v) is 4.15. The van der Waals surface area contributed by atoms with Crippen LogP contribution in [-0.2, 0) is 17.7 Å². The Balaban J connectivity index is 0.00000147. The zero-order valence-electron chi connectivity index (χ0n) is 11.8. The maximum absolute atomic E-state index is 12.6. The van der Waals surface area contributed by atoms with Crippen molar-refractivity contribution in [1.29, 1.82) is 0 Å². The first-order valence-electron chi connectivity index (χ1n) is 6.88. The fourth-order valence-electron chi connectivity index (χ4n) is 2.76. The monoisotopic (exact) mass is 300 g/mol. The van der Waals surface area contributed by atoms with E-state index in [0.717, 1.165) is 30.8 Å². The Morgan fingerprint density at radius 3 is 3.05 bits per heavy atom. The second-order valence-electron chi connectivity index (χ2n) is 5.27. The van der Waals surface area contributed by atoms with Crippen LogP contribution in [0.4, 0.5) is 0 Å². The maximum Gasteiger partial charge on any atom is 0.275 e. The molecular weight excluding hydrogens is 280 g/mol. The Kier molecular flexibility index (Phi) is 4.67. The first-order valence-corrected chi connectivity index (χ1v) is 6.88. The van der Waals surface area contributed by atoms with Crippen LogP contribution in [0.5, 0.6) is 0 Å². The number of nitrogens with one attached hydrogen (secondary N) is 2. The molecule has 1 amide bonds. The maximum atomic E-state index is 12.6. The number of aromatic amines is 1. The quantitative estimate of drug-likeness (QED) is 0.802. The van der Waals surface area contributed by atoms with Gasteiger partial charge in [0.2, 0.25) is 0 Å². The lowest BCUT2D eigenvalue weighted by atomic mass is 10.0. The summed E-state index contributed by atoms with van der Waals surface area (Å²) >= 11 is 0. The molecule has 0 aliphatic carbocycles. The molecule has 112 valence electrons. The summed E-state index contributed by atoms with van der Waals surface area (Å²) in [4.78, 5) is 14.5. The van der Waals surface area contributed by atoms with Gasteiger partial charge in [-0.3, -0.25) is 9.89 Å². The number of nitrogens with zero attached hydrogens (tertiary/aromatic N) is 2. The van der Waals surface area contributed by atoms with Gasteiger partial charge in [-0.25, -0.2) is 0 Å². The summed E-state index contributed by atoms with van der Waals surface area (Å²) in [6.45, 7) is 6.93. The smallest absolute Gasteiger partial charge is 0.275 e. The standard InChI is InChI=1S/C13H20N4O2.ClH/c1-8-9(2)19-6-5-17(8)13(18)12-10-7-14-4-3-11(10)15-16-12;/h8-9,14H,3-7H2,1-2H3,(H,15,16);1H. The molecule has 2 unspecified atom stereocenters. The zero-order valence-corrected chi connectivity index (χ0v) is 12.6. The highest BCUT2D eigenvalue weighted by molar-refractivity contribution is 5.94. The molecule has 2 aliphatic heterocycles. The average Bonchev–Trinajstić information content (AvgIpc) is 2.85. The third-order valence-electron chi connectivity index (χ3n) is 4.15. The minimum absolute atomic E-state index is 0. The molecule has 2 N–H and O–H groups in total. The molecule has 1 aromatic rings. The molecule has 6 nitrogen and oxygen atoms in total. The molecule has 2 aliphatic rings. The lowest BCUT2D eigenvalue weighted by Gasteiger charge is -2.37. The average molecular weight is 301 g/mol. The second-order valence-corrected chi connectivity index (χ2v) is 5.27. The van der Waals surface area contributed by atoms with Crippen molar-refractivity contribution in [2.75, 3.05) is 19.7 Å². The fraction of sp³-hybridized carbons (Fsp3) is 0.692. The molecule has 0 bridgehead atoms. The number of hydrogen-bond acceptors (Lipinski definition) is 4. The van der Waals surface area contributed by atoms with Crippen LogP contribution in [0.15, 0.2) is 0 Å². The van der Waals surface area contributed by atoms with Crippen molar-refractivity contribution in [1.82, 2.24) is 20.4 Å². The normalized spacial score (nSPS) is 25.8. The van der Waals surface area contributed by atoms with E-state index >= 15 is 0 Å². The molecule has 7 heteroatoms. The third kappa shape index (κ3) is 2.55. The van der Waals surface area contributed by atoms with Crippen LogP contribution >= 0.6 is 12.4 Å². The number of ether oxygens (including phenoxy) is 1. The summed E-state index contributed by atoms with van der Waals surface area (Å²) in [5.41, 5.74) is 2.70. The highest BCUT2D eigenvalue weighted by Gasteiger charge is 2.33. The van der Waals surface area contributed by atoms with Gasteiger partial charge >= 0.3 is 0 Å². The molecule has 0 aromatic carbocycles. The van der Waals surface area contributed by atoms with Crippen LogP contribution in [0, 0.1) is 0 Å². The van der Waals surface area contributed by atoms with E-state index in [4.69, 9.17) is 4.74 Å². The SMILES string of the molecule is CC1OCCN(C(=O)c2n[nH]c3c2CNCC3)C1C.Cl. The highest BCUT2D eigenvalue weighted by atomic mass is 35.5. The van der Waals surface area contributed by atoms with Crippen molar-refractivity contribution in [2.24, 2.45) is 0 Å². The van der Waals surface area contributed by atoms with Gasteiger partial charge in [-0.05, 0) is 13.8 Å². The summed E-state index contributed by atoms with van der Waals surface area (Å²) in [6, 6.07) is 0.0881. The summed E-state index contributed by atoms with van der Waals surface area (Å²) in [6.07, 6.45) is 0.982. The van der Waals surface area contributed by atoms with Crippen LogP contribution in [-0.4, -0.2) is 52.8 Å². The van der Waals surface area contributed by atoms with E-state index in [1.807, 2.05) is 18.7 Å². The van der Waals surface area contributed by atoms with Gasteiger partial charge in [0.1, 0.15) is 0 Å². The van der Waals surface area contributed by atoms with Crippen molar-refractivity contribution in [3.63, 3.8) is 0 Å². The molecule has 3 heterocycles. The van der Waals surface area contributed by atoms with Crippen molar-refractivity contribution in [3.8, 4) is 0 Å². The van der Waals surface area contributed by atoms with Crippen LogP contribution in [0.3, 0.4) is 0 Å². The van der Waals surface area contributed by atoms with Crippen LogP contribution in [0.25, 0.3) is 0 Å². The lowest BCUT2D eigenvalue weighted by molar-refractivity contribution is -0.0442. The number of hydrogen-bond donors (Lipinski definition) is 2. The topological polar surface area (TPSA) is 70.2 Å². The van der Waals surface area contributed by atoms with E-state index in [9.17, 15) is 4.79 Å². The first kappa shape index (κ1) is 15.3. The molecule has 1 saturated heterocycles. The predicted octanol–water partition coefficient (Wildman–Crippen LogP) is 0.727. The van der Waals surface area contributed by atoms with E-state index in [2.05, 4.69) is 15.5 Å².